The van der Waals surface area contributed by atoms with Crippen molar-refractivity contribution in [2.45, 2.75) is 57.7 Å². The van der Waals surface area contributed by atoms with Crippen LogP contribution in [0.1, 0.15) is 19.3 Å². The van der Waals surface area contributed by atoms with Gasteiger partial charge in [0, 0.05) is 6.61 Å². The SMILES string of the molecule is C[Si](C)(C)ON[Si](C)(C)C1CCCCO1. The highest BCUT2D eigenvalue weighted by Gasteiger charge is 2.36. The van der Waals surface area contributed by atoms with E-state index >= 15 is 0 Å². The predicted molar refractivity (Wildman–Crippen MR) is 68.6 cm³/mol. The fourth-order valence-electron chi connectivity index (χ4n) is 1.66. The van der Waals surface area contributed by atoms with Crippen molar-refractivity contribution in [1.82, 2.24) is 5.15 Å². The molecule has 1 heterocycles. The Balaban J connectivity index is 2.42. The predicted octanol–water partition coefficient (Wildman–Crippen LogP) is 2.66. The second-order valence-electron chi connectivity index (χ2n) is 5.89. The summed E-state index contributed by atoms with van der Waals surface area (Å²) < 4.78 is 11.7. The lowest BCUT2D eigenvalue weighted by atomic mass is 10.2. The summed E-state index contributed by atoms with van der Waals surface area (Å²) in [5, 5.41) is 3.34. The van der Waals surface area contributed by atoms with E-state index in [9.17, 15) is 0 Å². The van der Waals surface area contributed by atoms with Gasteiger partial charge in [-0.1, -0.05) is 13.1 Å². The molecule has 1 aliphatic heterocycles. The minimum absolute atomic E-state index is 0.419. The third-order valence-corrected chi connectivity index (χ3v) is 6.22. The molecule has 0 aliphatic carbocycles. The minimum Gasteiger partial charge on any atom is -0.380 e. The number of hydrogen-bond acceptors (Lipinski definition) is 3. The topological polar surface area (TPSA) is 30.5 Å². The number of hydrogen-bond donors (Lipinski definition) is 1. The maximum atomic E-state index is 5.84. The van der Waals surface area contributed by atoms with E-state index in [1.165, 1.54) is 19.3 Å². The zero-order valence-electron chi connectivity index (χ0n) is 10.7. The zero-order valence-corrected chi connectivity index (χ0v) is 12.7. The van der Waals surface area contributed by atoms with E-state index in [-0.39, 0.29) is 0 Å². The van der Waals surface area contributed by atoms with Gasteiger partial charge in [-0.05, 0) is 38.9 Å². The fraction of sp³-hybridized carbons (Fsp3) is 1.00. The third-order valence-electron chi connectivity index (χ3n) is 2.60. The van der Waals surface area contributed by atoms with Gasteiger partial charge < -0.3 is 9.26 Å². The van der Waals surface area contributed by atoms with Crippen LogP contribution >= 0.6 is 0 Å². The summed E-state index contributed by atoms with van der Waals surface area (Å²) in [6, 6.07) is 0. The Kier molecular flexibility index (Phi) is 4.55. The number of nitrogens with one attached hydrogen (secondary N) is 1. The maximum absolute atomic E-state index is 5.84. The number of rotatable bonds is 4. The normalized spacial score (nSPS) is 24.2. The van der Waals surface area contributed by atoms with Crippen LogP contribution in [0.3, 0.4) is 0 Å². The molecule has 15 heavy (non-hydrogen) atoms. The van der Waals surface area contributed by atoms with Gasteiger partial charge >= 0.3 is 0 Å². The molecule has 0 bridgehead atoms. The molecule has 1 N–H and O–H groups in total. The molecule has 0 aromatic heterocycles. The highest BCUT2D eigenvalue weighted by Crippen LogP contribution is 2.21. The second kappa shape index (κ2) is 5.10. The zero-order chi connectivity index (χ0) is 11.5. The van der Waals surface area contributed by atoms with Crippen LogP contribution in [0, 0.1) is 0 Å². The van der Waals surface area contributed by atoms with Crippen molar-refractivity contribution in [2.24, 2.45) is 0 Å². The van der Waals surface area contributed by atoms with E-state index in [4.69, 9.17) is 9.26 Å². The third kappa shape index (κ3) is 4.78. The maximum Gasteiger partial charge on any atom is 0.210 e. The van der Waals surface area contributed by atoms with Crippen LogP contribution in [0.4, 0.5) is 0 Å². The van der Waals surface area contributed by atoms with Crippen LogP contribution in [0.25, 0.3) is 0 Å². The molecule has 3 nitrogen and oxygen atoms in total. The van der Waals surface area contributed by atoms with Gasteiger partial charge in [0.05, 0.1) is 5.73 Å². The smallest absolute Gasteiger partial charge is 0.210 e. The van der Waals surface area contributed by atoms with Gasteiger partial charge in [0.15, 0.2) is 8.24 Å². The molecule has 0 saturated carbocycles. The van der Waals surface area contributed by atoms with Crippen LogP contribution in [0.2, 0.25) is 32.7 Å². The van der Waals surface area contributed by atoms with Crippen molar-refractivity contribution < 1.29 is 9.26 Å². The van der Waals surface area contributed by atoms with E-state index in [0.29, 0.717) is 5.73 Å². The Morgan fingerprint density at radius 1 is 1.13 bits per heavy atom. The largest absolute Gasteiger partial charge is 0.380 e. The monoisotopic (exact) mass is 247 g/mol. The Bertz CT molecular complexity index is 198. The molecule has 0 spiro atoms. The molecule has 5 heteroatoms. The fourth-order valence-corrected chi connectivity index (χ4v) is 5.53. The van der Waals surface area contributed by atoms with E-state index in [1.54, 1.807) is 0 Å². The summed E-state index contributed by atoms with van der Waals surface area (Å²) in [5.41, 5.74) is 0.419. The standard InChI is InChI=1S/C10H25NO2Si2/c1-14(2,3)13-11-15(4,5)10-8-6-7-9-12-10/h10-11H,6-9H2,1-5H3. The molecule has 1 unspecified atom stereocenters. The van der Waals surface area contributed by atoms with E-state index in [2.05, 4.69) is 37.9 Å². The summed E-state index contributed by atoms with van der Waals surface area (Å²) >= 11 is 0. The molecule has 1 fully saturated rings. The molecule has 90 valence electrons. The summed E-state index contributed by atoms with van der Waals surface area (Å²) in [6.07, 6.45) is 3.72. The molecule has 0 radical (unpaired) electrons. The van der Waals surface area contributed by atoms with Crippen LogP contribution in [0.5, 0.6) is 0 Å². The number of ether oxygens (including phenoxy) is 1. The van der Waals surface area contributed by atoms with Crippen LogP contribution in [-0.4, -0.2) is 28.9 Å². The summed E-state index contributed by atoms with van der Waals surface area (Å²) in [6.45, 7) is 12.1. The lowest BCUT2D eigenvalue weighted by molar-refractivity contribution is 0.0535. The highest BCUT2D eigenvalue weighted by atomic mass is 28.4. The van der Waals surface area contributed by atoms with Crippen molar-refractivity contribution in [2.75, 3.05) is 6.61 Å². The van der Waals surface area contributed by atoms with Crippen LogP contribution in [0.15, 0.2) is 0 Å². The van der Waals surface area contributed by atoms with E-state index < -0.39 is 16.6 Å². The molecule has 1 rings (SSSR count). The van der Waals surface area contributed by atoms with Gasteiger partial charge in [-0.2, -0.15) is 0 Å². The van der Waals surface area contributed by atoms with Crippen molar-refractivity contribution in [3.8, 4) is 0 Å². The molecule has 1 saturated heterocycles. The van der Waals surface area contributed by atoms with Crippen molar-refractivity contribution in [3.05, 3.63) is 0 Å². The van der Waals surface area contributed by atoms with Gasteiger partial charge in [0.2, 0.25) is 8.32 Å². The quantitative estimate of drug-likeness (QED) is 0.612. The Morgan fingerprint density at radius 3 is 2.27 bits per heavy atom. The average molecular weight is 247 g/mol. The molecule has 1 aliphatic rings. The average Bonchev–Trinajstić information content (AvgIpc) is 2.16. The minimum atomic E-state index is -1.57. The second-order valence-corrected chi connectivity index (χ2v) is 14.6. The Hall–Kier alpha value is 0.314. The summed E-state index contributed by atoms with van der Waals surface area (Å²) in [4.78, 5) is 0. The molecule has 1 atom stereocenters. The van der Waals surface area contributed by atoms with Gasteiger partial charge in [0.25, 0.3) is 0 Å². The first-order chi connectivity index (χ1) is 6.81. The highest BCUT2D eigenvalue weighted by molar-refractivity contribution is 6.77. The first-order valence-corrected chi connectivity index (χ1v) is 12.4. The van der Waals surface area contributed by atoms with E-state index in [1.807, 2.05) is 0 Å². The Morgan fingerprint density at radius 2 is 1.80 bits per heavy atom. The van der Waals surface area contributed by atoms with Crippen molar-refractivity contribution >= 4 is 16.6 Å². The van der Waals surface area contributed by atoms with Gasteiger partial charge in [-0.15, -0.1) is 0 Å². The lowest BCUT2D eigenvalue weighted by Gasteiger charge is -2.36. The summed E-state index contributed by atoms with van der Waals surface area (Å²) in [5.74, 6) is 0. The van der Waals surface area contributed by atoms with E-state index in [0.717, 1.165) is 6.61 Å². The van der Waals surface area contributed by atoms with Gasteiger partial charge in [-0.25, -0.2) is 5.15 Å². The lowest BCUT2D eigenvalue weighted by Crippen LogP contribution is -2.59. The first-order valence-electron chi connectivity index (χ1n) is 5.88. The van der Waals surface area contributed by atoms with Crippen LogP contribution < -0.4 is 5.15 Å². The van der Waals surface area contributed by atoms with Gasteiger partial charge in [-0.3, -0.25) is 0 Å². The molecule has 0 aromatic rings. The van der Waals surface area contributed by atoms with Gasteiger partial charge in [0.1, 0.15) is 0 Å². The van der Waals surface area contributed by atoms with Crippen molar-refractivity contribution in [3.63, 3.8) is 0 Å². The van der Waals surface area contributed by atoms with Crippen LogP contribution in [-0.2, 0) is 9.26 Å². The Labute approximate surface area is 95.7 Å². The molecule has 0 aromatic carbocycles. The molecule has 0 amide bonds. The molecular formula is C10H25NO2Si2. The molecular weight excluding hydrogens is 222 g/mol. The summed E-state index contributed by atoms with van der Waals surface area (Å²) in [7, 11) is -3.03. The van der Waals surface area contributed by atoms with Crippen molar-refractivity contribution in [1.29, 1.82) is 0 Å². The first kappa shape index (κ1) is 13.4.